The zero-order chi connectivity index (χ0) is 24.9. The molecule has 9 nitrogen and oxygen atoms in total. The molecule has 1 amide bonds. The van der Waals surface area contributed by atoms with Crippen molar-refractivity contribution in [2.75, 3.05) is 5.32 Å². The number of hydrogen-bond acceptors (Lipinski definition) is 6. The molecule has 2 N–H and O–H groups in total. The number of nitrogens with one attached hydrogen (secondary N) is 2. The van der Waals surface area contributed by atoms with Crippen molar-refractivity contribution in [2.45, 2.75) is 26.2 Å². The molecule has 0 aliphatic rings. The summed E-state index contributed by atoms with van der Waals surface area (Å²) in [5.74, 6) is -0.586. The summed E-state index contributed by atoms with van der Waals surface area (Å²) in [6, 6.07) is 16.8. The van der Waals surface area contributed by atoms with Gasteiger partial charge in [-0.3, -0.25) is 20.2 Å². The summed E-state index contributed by atoms with van der Waals surface area (Å²) in [4.78, 5) is 24.3. The standard InChI is InChI=1S/C24H21ClN6O3S/c1-2-3-5-15-8-10-17(11-9-15)30-28-21-13-19(25)20(14-22(21)29-30)26-24(35)27-23(32)16-6-4-7-18(12-16)31(33)34/h4,6-14H,2-3,5H2,1H3,(H2,26,27,32,35). The van der Waals surface area contributed by atoms with Gasteiger partial charge in [0.1, 0.15) is 11.0 Å². The number of non-ortho nitro benzene ring substituents is 1. The lowest BCUT2D eigenvalue weighted by Gasteiger charge is -2.10. The number of nitrogens with zero attached hydrogens (tertiary/aromatic N) is 4. The molecule has 0 fully saturated rings. The molecule has 3 aromatic carbocycles. The van der Waals surface area contributed by atoms with Crippen LogP contribution in [0.15, 0.2) is 60.7 Å². The molecule has 0 bridgehead atoms. The Balaban J connectivity index is 1.48. The summed E-state index contributed by atoms with van der Waals surface area (Å²) in [6.07, 6.45) is 3.32. The van der Waals surface area contributed by atoms with Crippen LogP contribution in [0.25, 0.3) is 16.7 Å². The van der Waals surface area contributed by atoms with Gasteiger partial charge in [-0.15, -0.1) is 10.2 Å². The number of aryl methyl sites for hydroxylation is 1. The van der Waals surface area contributed by atoms with Gasteiger partial charge in [-0.2, -0.15) is 4.80 Å². The summed E-state index contributed by atoms with van der Waals surface area (Å²) in [6.45, 7) is 2.17. The van der Waals surface area contributed by atoms with Crippen LogP contribution in [0.1, 0.15) is 35.7 Å². The van der Waals surface area contributed by atoms with Crippen molar-refractivity contribution in [1.82, 2.24) is 20.3 Å². The third kappa shape index (κ3) is 5.79. The lowest BCUT2D eigenvalue weighted by atomic mass is 10.1. The third-order valence-electron chi connectivity index (χ3n) is 5.25. The molecule has 0 radical (unpaired) electrons. The molecule has 178 valence electrons. The van der Waals surface area contributed by atoms with Crippen molar-refractivity contribution in [2.24, 2.45) is 0 Å². The smallest absolute Gasteiger partial charge is 0.270 e. The van der Waals surface area contributed by atoms with E-state index >= 15 is 0 Å². The molecule has 4 aromatic rings. The van der Waals surface area contributed by atoms with Crippen molar-refractivity contribution in [3.63, 3.8) is 0 Å². The highest BCUT2D eigenvalue weighted by molar-refractivity contribution is 7.80. The Hall–Kier alpha value is -3.89. The Bertz CT molecular complexity index is 1420. The minimum Gasteiger partial charge on any atom is -0.331 e. The number of unbranched alkanes of at least 4 members (excludes halogenated alkanes) is 1. The maximum Gasteiger partial charge on any atom is 0.270 e. The Morgan fingerprint density at radius 1 is 1.11 bits per heavy atom. The maximum atomic E-state index is 12.4. The van der Waals surface area contributed by atoms with Gasteiger partial charge in [-0.1, -0.05) is 43.1 Å². The van der Waals surface area contributed by atoms with Crippen LogP contribution in [-0.4, -0.2) is 30.9 Å². The molecule has 1 aromatic heterocycles. The van der Waals surface area contributed by atoms with Crippen molar-refractivity contribution < 1.29 is 9.72 Å². The van der Waals surface area contributed by atoms with E-state index < -0.39 is 10.8 Å². The molecule has 0 unspecified atom stereocenters. The molecule has 0 aliphatic carbocycles. The largest absolute Gasteiger partial charge is 0.331 e. The Morgan fingerprint density at radius 2 is 1.83 bits per heavy atom. The topological polar surface area (TPSA) is 115 Å². The molecule has 0 spiro atoms. The SMILES string of the molecule is CCCCc1ccc(-n2nc3cc(Cl)c(NC(=S)NC(=O)c4cccc([N+](=O)[O-])c4)cc3n2)cc1. The fourth-order valence-corrected chi connectivity index (χ4v) is 3.82. The predicted molar refractivity (Wildman–Crippen MR) is 139 cm³/mol. The van der Waals surface area contributed by atoms with Gasteiger partial charge in [-0.05, 0) is 61.0 Å². The first-order valence-electron chi connectivity index (χ1n) is 10.9. The van der Waals surface area contributed by atoms with Gasteiger partial charge < -0.3 is 5.32 Å². The highest BCUT2D eigenvalue weighted by atomic mass is 35.5. The first-order valence-corrected chi connectivity index (χ1v) is 11.7. The first-order chi connectivity index (χ1) is 16.8. The van der Waals surface area contributed by atoms with Gasteiger partial charge in [0.15, 0.2) is 5.11 Å². The molecular weight excluding hydrogens is 488 g/mol. The summed E-state index contributed by atoms with van der Waals surface area (Å²) < 4.78 is 0. The number of carbonyl (C=O) groups is 1. The van der Waals surface area contributed by atoms with Gasteiger partial charge in [0.2, 0.25) is 0 Å². The van der Waals surface area contributed by atoms with Crippen molar-refractivity contribution in [1.29, 1.82) is 0 Å². The van der Waals surface area contributed by atoms with Crippen LogP contribution in [0.4, 0.5) is 11.4 Å². The number of rotatable bonds is 7. The minimum absolute atomic E-state index is 0.0159. The van der Waals surface area contributed by atoms with Crippen LogP contribution < -0.4 is 10.6 Å². The van der Waals surface area contributed by atoms with E-state index in [1.807, 2.05) is 12.1 Å². The zero-order valence-corrected chi connectivity index (χ0v) is 20.3. The van der Waals surface area contributed by atoms with Crippen LogP contribution in [-0.2, 0) is 6.42 Å². The molecular formula is C24H21ClN6O3S. The van der Waals surface area contributed by atoms with Crippen molar-refractivity contribution in [3.8, 4) is 5.69 Å². The molecule has 0 atom stereocenters. The van der Waals surface area contributed by atoms with E-state index in [2.05, 4.69) is 39.9 Å². The number of benzene rings is 3. The summed E-state index contributed by atoms with van der Waals surface area (Å²) >= 11 is 11.6. The summed E-state index contributed by atoms with van der Waals surface area (Å²) in [5, 5.41) is 25.7. The molecule has 11 heteroatoms. The van der Waals surface area contributed by atoms with Gasteiger partial charge in [0.25, 0.3) is 11.6 Å². The average Bonchev–Trinajstić information content (AvgIpc) is 3.25. The number of nitro groups is 1. The van der Waals surface area contributed by atoms with Crippen LogP contribution >= 0.6 is 23.8 Å². The molecule has 0 aliphatic heterocycles. The van der Waals surface area contributed by atoms with Gasteiger partial charge in [0.05, 0.1) is 21.3 Å². The van der Waals surface area contributed by atoms with Gasteiger partial charge in [0, 0.05) is 17.7 Å². The number of fused-ring (bicyclic) bond motifs is 1. The third-order valence-corrected chi connectivity index (χ3v) is 5.77. The number of anilines is 1. The van der Waals surface area contributed by atoms with Crippen molar-refractivity contribution in [3.05, 3.63) is 86.9 Å². The molecule has 0 saturated heterocycles. The molecule has 35 heavy (non-hydrogen) atoms. The number of thiocarbonyl (C=S) groups is 1. The number of aromatic nitrogens is 3. The van der Waals surface area contributed by atoms with Crippen LogP contribution in [0.2, 0.25) is 5.02 Å². The normalized spacial score (nSPS) is 10.8. The van der Waals surface area contributed by atoms with Gasteiger partial charge in [-0.25, -0.2) is 0 Å². The van der Waals surface area contributed by atoms with E-state index in [0.29, 0.717) is 21.7 Å². The predicted octanol–water partition coefficient (Wildman–Crippen LogP) is 5.45. The van der Waals surface area contributed by atoms with E-state index in [9.17, 15) is 14.9 Å². The zero-order valence-electron chi connectivity index (χ0n) is 18.7. The molecule has 4 rings (SSSR count). The summed E-state index contributed by atoms with van der Waals surface area (Å²) in [5.41, 5.74) is 3.62. The molecule has 1 heterocycles. The fraction of sp³-hybridized carbons (Fsp3) is 0.167. The highest BCUT2D eigenvalue weighted by Gasteiger charge is 2.15. The second-order valence-corrected chi connectivity index (χ2v) is 8.61. The fourth-order valence-electron chi connectivity index (χ4n) is 3.42. The Kier molecular flexibility index (Phi) is 7.33. The van der Waals surface area contributed by atoms with Crippen molar-refractivity contribution >= 4 is 57.2 Å². The van der Waals surface area contributed by atoms with E-state index in [1.54, 1.807) is 12.1 Å². The first kappa shape index (κ1) is 24.2. The highest BCUT2D eigenvalue weighted by Crippen LogP contribution is 2.27. The molecule has 0 saturated carbocycles. The number of hydrogen-bond donors (Lipinski definition) is 2. The second kappa shape index (κ2) is 10.6. The average molecular weight is 509 g/mol. The Morgan fingerprint density at radius 3 is 2.51 bits per heavy atom. The van der Waals surface area contributed by atoms with Crippen LogP contribution in [0, 0.1) is 10.1 Å². The number of halogens is 1. The number of nitro benzene ring substituents is 1. The van der Waals surface area contributed by atoms with Gasteiger partial charge >= 0.3 is 0 Å². The minimum atomic E-state index is -0.586. The quantitative estimate of drug-likeness (QED) is 0.194. The van der Waals surface area contributed by atoms with E-state index in [4.69, 9.17) is 23.8 Å². The maximum absolute atomic E-state index is 12.4. The second-order valence-electron chi connectivity index (χ2n) is 7.80. The van der Waals surface area contributed by atoms with E-state index in [-0.39, 0.29) is 16.4 Å². The lowest BCUT2D eigenvalue weighted by Crippen LogP contribution is -2.34. The lowest BCUT2D eigenvalue weighted by molar-refractivity contribution is -0.384. The van der Waals surface area contributed by atoms with Crippen LogP contribution in [0.5, 0.6) is 0 Å². The monoisotopic (exact) mass is 508 g/mol. The van der Waals surface area contributed by atoms with E-state index in [1.165, 1.54) is 34.6 Å². The Labute approximate surface area is 211 Å². The van der Waals surface area contributed by atoms with Crippen LogP contribution in [0.3, 0.4) is 0 Å². The number of amides is 1. The van der Waals surface area contributed by atoms with E-state index in [0.717, 1.165) is 24.9 Å². The summed E-state index contributed by atoms with van der Waals surface area (Å²) in [7, 11) is 0. The number of carbonyl (C=O) groups excluding carboxylic acids is 1.